The third kappa shape index (κ3) is 2.50. The van der Waals surface area contributed by atoms with E-state index in [1.807, 2.05) is 0 Å². The lowest BCUT2D eigenvalue weighted by atomic mass is 9.90. The number of amides is 2. The van der Waals surface area contributed by atoms with Crippen LogP contribution in [0.4, 0.5) is 10.1 Å². The molecule has 114 valence electrons. The highest BCUT2D eigenvalue weighted by atomic mass is 35.5. The lowest BCUT2D eigenvalue weighted by Gasteiger charge is -2.44. The van der Waals surface area contributed by atoms with Crippen LogP contribution < -0.4 is 10.2 Å². The van der Waals surface area contributed by atoms with Crippen molar-refractivity contribution in [3.63, 3.8) is 0 Å². The van der Waals surface area contributed by atoms with Gasteiger partial charge >= 0.3 is 0 Å². The lowest BCUT2D eigenvalue weighted by molar-refractivity contribution is -0.138. The number of para-hydroxylation sites is 1. The Labute approximate surface area is 128 Å². The lowest BCUT2D eigenvalue weighted by Crippen LogP contribution is -2.69. The Morgan fingerprint density at radius 3 is 2.57 bits per heavy atom. The van der Waals surface area contributed by atoms with E-state index in [4.69, 9.17) is 11.6 Å². The van der Waals surface area contributed by atoms with Crippen molar-refractivity contribution < 1.29 is 14.0 Å². The van der Waals surface area contributed by atoms with Gasteiger partial charge in [0, 0.05) is 0 Å². The molecule has 21 heavy (non-hydrogen) atoms. The van der Waals surface area contributed by atoms with Gasteiger partial charge in [0.1, 0.15) is 17.4 Å². The number of benzene rings is 1. The molecular formula is C15H18ClFN2O2. The van der Waals surface area contributed by atoms with Gasteiger partial charge in [-0.3, -0.25) is 14.5 Å². The Bertz CT molecular complexity index is 573. The number of carbonyl (C=O) groups is 2. The maximum atomic E-state index is 14.2. The molecule has 0 spiro atoms. The average molecular weight is 313 g/mol. The van der Waals surface area contributed by atoms with Crippen LogP contribution in [0.1, 0.15) is 33.6 Å². The second-order valence-electron chi connectivity index (χ2n) is 5.34. The van der Waals surface area contributed by atoms with E-state index >= 15 is 0 Å². The predicted molar refractivity (Wildman–Crippen MR) is 79.8 cm³/mol. The molecular weight excluding hydrogens is 295 g/mol. The third-order valence-electron chi connectivity index (χ3n) is 3.98. The minimum absolute atomic E-state index is 0.0226. The van der Waals surface area contributed by atoms with Crippen molar-refractivity contribution in [2.24, 2.45) is 0 Å². The number of carbonyl (C=O) groups excluding carboxylic acids is 2. The predicted octanol–water partition coefficient (Wildman–Crippen LogP) is 2.89. The summed E-state index contributed by atoms with van der Waals surface area (Å²) in [7, 11) is 0. The van der Waals surface area contributed by atoms with Crippen molar-refractivity contribution in [1.29, 1.82) is 0 Å². The second kappa shape index (κ2) is 5.64. The molecule has 2 amide bonds. The van der Waals surface area contributed by atoms with E-state index in [9.17, 15) is 14.0 Å². The number of rotatable bonds is 3. The molecule has 1 N–H and O–H groups in total. The van der Waals surface area contributed by atoms with Gasteiger partial charge < -0.3 is 5.32 Å². The van der Waals surface area contributed by atoms with Gasteiger partial charge in [0.25, 0.3) is 5.91 Å². The minimum atomic E-state index is -1.05. The van der Waals surface area contributed by atoms with Crippen LogP contribution in [-0.4, -0.2) is 23.4 Å². The van der Waals surface area contributed by atoms with Crippen LogP contribution in [0.5, 0.6) is 0 Å². The van der Waals surface area contributed by atoms with Crippen molar-refractivity contribution in [3.05, 3.63) is 29.0 Å². The van der Waals surface area contributed by atoms with Gasteiger partial charge in [0.2, 0.25) is 5.91 Å². The molecule has 1 aromatic carbocycles. The molecule has 2 rings (SSSR count). The highest BCUT2D eigenvalue weighted by molar-refractivity contribution is 6.34. The summed E-state index contributed by atoms with van der Waals surface area (Å²) in [4.78, 5) is 26.3. The minimum Gasteiger partial charge on any atom is -0.340 e. The highest BCUT2D eigenvalue weighted by Gasteiger charge is 2.48. The third-order valence-corrected chi connectivity index (χ3v) is 4.28. The van der Waals surface area contributed by atoms with Gasteiger partial charge in [-0.25, -0.2) is 4.39 Å². The Kier molecular flexibility index (Phi) is 4.23. The Morgan fingerprint density at radius 2 is 2.05 bits per heavy atom. The first-order valence-electron chi connectivity index (χ1n) is 6.95. The smallest absolute Gasteiger partial charge is 0.253 e. The second-order valence-corrected chi connectivity index (χ2v) is 5.75. The molecule has 1 saturated heterocycles. The number of hydrogen-bond donors (Lipinski definition) is 1. The topological polar surface area (TPSA) is 49.4 Å². The van der Waals surface area contributed by atoms with E-state index in [1.54, 1.807) is 20.8 Å². The van der Waals surface area contributed by atoms with E-state index in [0.29, 0.717) is 12.8 Å². The van der Waals surface area contributed by atoms with Crippen LogP contribution in [0, 0.1) is 5.82 Å². The Hall–Kier alpha value is -1.62. The van der Waals surface area contributed by atoms with Crippen LogP contribution in [-0.2, 0) is 9.59 Å². The Balaban J connectivity index is 2.61. The van der Waals surface area contributed by atoms with Gasteiger partial charge in [-0.2, -0.15) is 0 Å². The van der Waals surface area contributed by atoms with E-state index in [2.05, 4.69) is 5.32 Å². The van der Waals surface area contributed by atoms with Gasteiger partial charge in [-0.1, -0.05) is 31.5 Å². The van der Waals surface area contributed by atoms with Gasteiger partial charge in [-0.15, -0.1) is 0 Å². The molecule has 0 radical (unpaired) electrons. The number of anilines is 1. The summed E-state index contributed by atoms with van der Waals surface area (Å²) in [5.74, 6) is -1.24. The normalized spacial score (nSPS) is 26.0. The summed E-state index contributed by atoms with van der Waals surface area (Å²) < 4.78 is 14.2. The Morgan fingerprint density at radius 1 is 1.38 bits per heavy atom. The number of piperazine rings is 1. The highest BCUT2D eigenvalue weighted by Crippen LogP contribution is 2.35. The molecule has 2 unspecified atom stereocenters. The van der Waals surface area contributed by atoms with Gasteiger partial charge in [-0.05, 0) is 31.9 Å². The summed E-state index contributed by atoms with van der Waals surface area (Å²) in [5.41, 5.74) is -1.07. The summed E-state index contributed by atoms with van der Waals surface area (Å²) in [6.45, 7) is 5.21. The maximum Gasteiger partial charge on any atom is 0.253 e. The summed E-state index contributed by atoms with van der Waals surface area (Å²) >= 11 is 6.07. The van der Waals surface area contributed by atoms with E-state index in [1.165, 1.54) is 23.1 Å². The molecule has 0 bridgehead atoms. The first-order valence-corrected chi connectivity index (χ1v) is 7.33. The fraction of sp³-hybridized carbons (Fsp3) is 0.467. The van der Waals surface area contributed by atoms with E-state index < -0.39 is 17.4 Å². The van der Waals surface area contributed by atoms with Crippen molar-refractivity contribution in [1.82, 2.24) is 5.32 Å². The fourth-order valence-electron chi connectivity index (χ4n) is 2.52. The van der Waals surface area contributed by atoms with Crippen LogP contribution in [0.2, 0.25) is 5.02 Å². The number of halogens is 2. The number of hydrogen-bond acceptors (Lipinski definition) is 2. The number of nitrogens with zero attached hydrogens (tertiary/aromatic N) is 1. The SMILES string of the molecule is CCC1C(=O)NC(C)(CC)C(=O)N1c1c(F)cccc1Cl. The van der Waals surface area contributed by atoms with E-state index in [-0.39, 0.29) is 22.5 Å². The quantitative estimate of drug-likeness (QED) is 0.933. The van der Waals surface area contributed by atoms with Crippen molar-refractivity contribution in [3.8, 4) is 0 Å². The van der Waals surface area contributed by atoms with Crippen LogP contribution in [0.15, 0.2) is 18.2 Å². The van der Waals surface area contributed by atoms with E-state index in [0.717, 1.165) is 0 Å². The molecule has 2 atom stereocenters. The summed E-state index contributed by atoms with van der Waals surface area (Å²) in [5, 5.41) is 2.86. The zero-order valence-electron chi connectivity index (χ0n) is 12.2. The molecule has 1 aliphatic rings. The van der Waals surface area contributed by atoms with Gasteiger partial charge in [0.05, 0.1) is 10.7 Å². The molecule has 1 aliphatic heterocycles. The zero-order valence-corrected chi connectivity index (χ0v) is 13.0. The number of nitrogens with one attached hydrogen (secondary N) is 1. The average Bonchev–Trinajstić information content (AvgIpc) is 2.44. The van der Waals surface area contributed by atoms with Crippen LogP contribution in [0.3, 0.4) is 0 Å². The fourth-order valence-corrected chi connectivity index (χ4v) is 2.77. The largest absolute Gasteiger partial charge is 0.340 e. The maximum absolute atomic E-state index is 14.2. The molecule has 4 nitrogen and oxygen atoms in total. The monoisotopic (exact) mass is 312 g/mol. The first-order chi connectivity index (χ1) is 9.85. The van der Waals surface area contributed by atoms with Crippen molar-refractivity contribution >= 4 is 29.1 Å². The zero-order chi connectivity index (χ0) is 15.8. The first kappa shape index (κ1) is 15.8. The van der Waals surface area contributed by atoms with Crippen LogP contribution >= 0.6 is 11.6 Å². The van der Waals surface area contributed by atoms with Crippen molar-refractivity contribution in [2.45, 2.75) is 45.2 Å². The molecule has 1 aromatic rings. The standard InChI is InChI=1S/C15H18ClFN2O2/c1-4-11-13(20)18-15(3,5-2)14(21)19(11)12-9(16)7-6-8-10(12)17/h6-8,11H,4-5H2,1-3H3,(H,18,20). The molecule has 0 aliphatic carbocycles. The molecule has 1 heterocycles. The molecule has 6 heteroatoms. The van der Waals surface area contributed by atoms with Crippen LogP contribution in [0.25, 0.3) is 0 Å². The summed E-state index contributed by atoms with van der Waals surface area (Å²) in [6.07, 6.45) is 0.790. The van der Waals surface area contributed by atoms with Crippen molar-refractivity contribution in [2.75, 3.05) is 4.90 Å². The molecule has 0 aromatic heterocycles. The molecule has 0 saturated carbocycles. The molecule has 1 fully saturated rings. The van der Waals surface area contributed by atoms with Gasteiger partial charge in [0.15, 0.2) is 0 Å². The summed E-state index contributed by atoms with van der Waals surface area (Å²) in [6, 6.07) is 3.45.